The van der Waals surface area contributed by atoms with Crippen LogP contribution < -0.4 is 4.74 Å². The number of hydrogen-bond acceptors (Lipinski definition) is 1. The van der Waals surface area contributed by atoms with Gasteiger partial charge in [0.1, 0.15) is 0 Å². The molecule has 34 heavy (non-hydrogen) atoms. The van der Waals surface area contributed by atoms with Gasteiger partial charge in [-0.2, -0.15) is 4.39 Å². The maximum Gasteiger partial charge on any atom is 0.200 e. The van der Waals surface area contributed by atoms with Gasteiger partial charge in [0.2, 0.25) is 5.82 Å². The summed E-state index contributed by atoms with van der Waals surface area (Å²) < 4.78 is 34.8. The molecule has 1 nitrogen and oxygen atoms in total. The maximum atomic E-state index is 14.6. The van der Waals surface area contributed by atoms with Gasteiger partial charge in [0.15, 0.2) is 11.6 Å². The average molecular weight is 473 g/mol. The van der Waals surface area contributed by atoms with E-state index in [0.29, 0.717) is 24.5 Å². The Hall–Kier alpha value is -1.38. The van der Waals surface area contributed by atoms with Crippen LogP contribution in [0.3, 0.4) is 0 Å². The Morgan fingerprint density at radius 2 is 1.47 bits per heavy atom. The molecule has 0 radical (unpaired) electrons. The van der Waals surface area contributed by atoms with E-state index in [0.717, 1.165) is 36.0 Å². The van der Waals surface area contributed by atoms with Crippen molar-refractivity contribution in [3.63, 3.8) is 0 Å². The minimum Gasteiger partial charge on any atom is -0.490 e. The molecule has 190 valence electrons. The Balaban J connectivity index is 1.22. The zero-order valence-corrected chi connectivity index (χ0v) is 21.5. The highest BCUT2D eigenvalue weighted by molar-refractivity contribution is 5.31. The second kappa shape index (κ2) is 12.5. The van der Waals surface area contributed by atoms with Crippen molar-refractivity contribution in [3.8, 4) is 5.75 Å². The van der Waals surface area contributed by atoms with Crippen molar-refractivity contribution in [1.29, 1.82) is 0 Å². The highest BCUT2D eigenvalue weighted by atomic mass is 19.2. The summed E-state index contributed by atoms with van der Waals surface area (Å²) in [6, 6.07) is 3.31. The molecule has 0 aliphatic heterocycles. The molecule has 0 N–H and O–H groups in total. The molecule has 3 aliphatic carbocycles. The molecular formula is C31H46F2O. The molecule has 0 spiro atoms. The monoisotopic (exact) mass is 472 g/mol. The van der Waals surface area contributed by atoms with E-state index in [4.69, 9.17) is 4.74 Å². The van der Waals surface area contributed by atoms with Crippen LogP contribution in [0.2, 0.25) is 0 Å². The number of halogens is 2. The van der Waals surface area contributed by atoms with Gasteiger partial charge < -0.3 is 4.74 Å². The number of aryl methyl sites for hydroxylation is 1. The highest BCUT2D eigenvalue weighted by Crippen LogP contribution is 2.49. The molecule has 0 saturated heterocycles. The zero-order chi connectivity index (χ0) is 23.9. The zero-order valence-electron chi connectivity index (χ0n) is 21.5. The predicted molar refractivity (Wildman–Crippen MR) is 137 cm³/mol. The Labute approximate surface area is 206 Å². The van der Waals surface area contributed by atoms with Crippen LogP contribution in [0.25, 0.3) is 0 Å². The van der Waals surface area contributed by atoms with Crippen molar-refractivity contribution in [1.82, 2.24) is 0 Å². The average Bonchev–Trinajstić information content (AvgIpc) is 2.86. The summed E-state index contributed by atoms with van der Waals surface area (Å²) in [5, 5.41) is 0. The first-order chi connectivity index (χ1) is 16.6. The molecule has 0 amide bonds. The molecule has 3 fully saturated rings. The Morgan fingerprint density at radius 3 is 2.21 bits per heavy atom. The topological polar surface area (TPSA) is 9.23 Å². The second-order valence-corrected chi connectivity index (χ2v) is 11.6. The number of fused-ring (bicyclic) bond motifs is 1. The third-order valence-electron chi connectivity index (χ3n) is 9.43. The lowest BCUT2D eigenvalue weighted by Crippen LogP contribution is -2.35. The Bertz CT molecular complexity index is 795. The molecule has 4 unspecified atom stereocenters. The molecule has 1 aromatic rings. The lowest BCUT2D eigenvalue weighted by atomic mass is 9.61. The van der Waals surface area contributed by atoms with E-state index >= 15 is 0 Å². The van der Waals surface area contributed by atoms with Gasteiger partial charge in [-0.3, -0.25) is 0 Å². The van der Waals surface area contributed by atoms with Crippen LogP contribution in [0.15, 0.2) is 24.3 Å². The summed E-state index contributed by atoms with van der Waals surface area (Å²) in [4.78, 5) is 0. The summed E-state index contributed by atoms with van der Waals surface area (Å²) in [5.74, 6) is 3.62. The van der Waals surface area contributed by atoms with E-state index in [-0.39, 0.29) is 5.75 Å². The molecule has 4 rings (SSSR count). The molecule has 3 heteroatoms. The fraction of sp³-hybridized carbons (Fsp3) is 0.742. The van der Waals surface area contributed by atoms with Crippen LogP contribution in [-0.2, 0) is 6.42 Å². The van der Waals surface area contributed by atoms with Crippen LogP contribution in [0, 0.1) is 47.1 Å². The molecule has 4 atom stereocenters. The Morgan fingerprint density at radius 1 is 0.824 bits per heavy atom. The van der Waals surface area contributed by atoms with Crippen molar-refractivity contribution < 1.29 is 13.5 Å². The molecule has 0 aromatic heterocycles. The van der Waals surface area contributed by atoms with Crippen LogP contribution in [-0.4, -0.2) is 6.61 Å². The summed E-state index contributed by atoms with van der Waals surface area (Å²) in [5.41, 5.74) is 0.430. The summed E-state index contributed by atoms with van der Waals surface area (Å²) in [7, 11) is 0. The highest BCUT2D eigenvalue weighted by Gasteiger charge is 2.39. The minimum absolute atomic E-state index is 0.0804. The quantitative estimate of drug-likeness (QED) is 0.325. The smallest absolute Gasteiger partial charge is 0.200 e. The van der Waals surface area contributed by atoms with E-state index in [1.54, 1.807) is 12.1 Å². The normalized spacial score (nSPS) is 32.0. The summed E-state index contributed by atoms with van der Waals surface area (Å²) in [6.07, 6.45) is 21.7. The van der Waals surface area contributed by atoms with E-state index in [1.165, 1.54) is 77.0 Å². The van der Waals surface area contributed by atoms with E-state index in [9.17, 15) is 8.78 Å². The molecule has 1 aromatic carbocycles. The van der Waals surface area contributed by atoms with Crippen molar-refractivity contribution in [2.45, 2.75) is 104 Å². The van der Waals surface area contributed by atoms with E-state index in [2.05, 4.69) is 6.92 Å². The van der Waals surface area contributed by atoms with Crippen molar-refractivity contribution in [3.05, 3.63) is 41.5 Å². The maximum absolute atomic E-state index is 14.6. The van der Waals surface area contributed by atoms with Crippen molar-refractivity contribution in [2.24, 2.45) is 35.5 Å². The first kappa shape index (κ1) is 25.7. The van der Waals surface area contributed by atoms with Gasteiger partial charge in [0.05, 0.1) is 6.61 Å². The molecular weight excluding hydrogens is 426 g/mol. The van der Waals surface area contributed by atoms with Gasteiger partial charge in [-0.1, -0.05) is 50.8 Å². The van der Waals surface area contributed by atoms with Crippen molar-refractivity contribution in [2.75, 3.05) is 6.61 Å². The van der Waals surface area contributed by atoms with Gasteiger partial charge >= 0.3 is 0 Å². The minimum atomic E-state index is -0.819. The fourth-order valence-electron chi connectivity index (χ4n) is 7.45. The molecule has 0 heterocycles. The number of ether oxygens (including phenoxy) is 1. The number of rotatable bonds is 9. The largest absolute Gasteiger partial charge is 0.490 e. The Kier molecular flexibility index (Phi) is 9.48. The summed E-state index contributed by atoms with van der Waals surface area (Å²) >= 11 is 0. The number of benzene rings is 1. The fourth-order valence-corrected chi connectivity index (χ4v) is 7.45. The lowest BCUT2D eigenvalue weighted by molar-refractivity contribution is 0.0478. The first-order valence-corrected chi connectivity index (χ1v) is 14.3. The van der Waals surface area contributed by atoms with Crippen LogP contribution in [0.4, 0.5) is 8.78 Å². The standard InChI is InChI=1S/C31H46F2O/c1-3-5-6-8-25-17-18-29(31(33)30(25)32)34-21-23-11-14-28-20-27(16-15-26(28)19-23)24-12-9-22(7-4-2)10-13-24/h3,5,17-18,22-24,26-28H,4,6-16,19-21H2,1-2H3. The van der Waals surface area contributed by atoms with Crippen LogP contribution in [0.1, 0.15) is 103 Å². The molecule has 3 aliphatic rings. The third-order valence-corrected chi connectivity index (χ3v) is 9.43. The molecule has 3 saturated carbocycles. The van der Waals surface area contributed by atoms with E-state index < -0.39 is 11.6 Å². The summed E-state index contributed by atoms with van der Waals surface area (Å²) in [6.45, 7) is 4.78. The third kappa shape index (κ3) is 6.43. The second-order valence-electron chi connectivity index (χ2n) is 11.6. The van der Waals surface area contributed by atoms with Gasteiger partial charge in [-0.05, 0) is 118 Å². The number of hydrogen-bond donors (Lipinski definition) is 0. The van der Waals surface area contributed by atoms with Crippen LogP contribution in [0.5, 0.6) is 5.75 Å². The van der Waals surface area contributed by atoms with Crippen molar-refractivity contribution >= 4 is 0 Å². The van der Waals surface area contributed by atoms with Gasteiger partial charge in [0, 0.05) is 0 Å². The van der Waals surface area contributed by atoms with Gasteiger partial charge in [0.25, 0.3) is 0 Å². The predicted octanol–water partition coefficient (Wildman–Crippen LogP) is 9.29. The van der Waals surface area contributed by atoms with Crippen LogP contribution >= 0.6 is 0 Å². The van der Waals surface area contributed by atoms with Gasteiger partial charge in [-0.15, -0.1) is 0 Å². The molecule has 0 bridgehead atoms. The SMILES string of the molecule is CC=CCCc1ccc(OCC2CCC3CC(C4CCC(CCC)CC4)CCC3C2)c(F)c1F. The lowest BCUT2D eigenvalue weighted by Gasteiger charge is -2.45. The number of allylic oxidation sites excluding steroid dienone is 2. The van der Waals surface area contributed by atoms with Gasteiger partial charge in [-0.25, -0.2) is 4.39 Å². The van der Waals surface area contributed by atoms with E-state index in [1.807, 2.05) is 19.1 Å². The first-order valence-electron chi connectivity index (χ1n) is 14.3.